The number of ether oxygens (including phenoxy) is 4. The van der Waals surface area contributed by atoms with Crippen LogP contribution in [0.4, 0.5) is 4.39 Å². The second kappa shape index (κ2) is 14.1. The molecule has 0 radical (unpaired) electrons. The fourth-order valence-corrected chi connectivity index (χ4v) is 5.29. The third-order valence-corrected chi connectivity index (χ3v) is 7.82. The third-order valence-electron chi connectivity index (χ3n) is 5.48. The molecule has 0 saturated heterocycles. The monoisotopic (exact) mass is 622 g/mol. The summed E-state index contributed by atoms with van der Waals surface area (Å²) in [5.74, 6) is -0.289. The number of rotatable bonds is 15. The first-order valence-corrected chi connectivity index (χ1v) is 14.7. The van der Waals surface area contributed by atoms with E-state index in [4.69, 9.17) is 24.1 Å². The lowest BCUT2D eigenvalue weighted by Gasteiger charge is -2.17. The maximum absolute atomic E-state index is 12.6. The second-order valence-corrected chi connectivity index (χ2v) is 11.5. The molecule has 0 saturated carbocycles. The molecule has 0 aliphatic heterocycles. The highest BCUT2D eigenvalue weighted by molar-refractivity contribution is 7.91. The van der Waals surface area contributed by atoms with Crippen molar-refractivity contribution in [3.63, 3.8) is 0 Å². The van der Waals surface area contributed by atoms with Crippen molar-refractivity contribution in [2.45, 2.75) is 30.1 Å². The Hall–Kier alpha value is -4.19. The van der Waals surface area contributed by atoms with Gasteiger partial charge in [-0.2, -0.15) is 0 Å². The lowest BCUT2D eigenvalue weighted by atomic mass is 10.2. The van der Waals surface area contributed by atoms with E-state index < -0.39 is 34.6 Å². The van der Waals surface area contributed by atoms with Crippen molar-refractivity contribution in [1.82, 2.24) is 25.3 Å². The van der Waals surface area contributed by atoms with E-state index in [2.05, 4.69) is 20.6 Å². The molecular weight excluding hydrogens is 595 g/mol. The highest BCUT2D eigenvalue weighted by Gasteiger charge is 2.22. The Morgan fingerprint density at radius 2 is 1.95 bits per heavy atom. The molecule has 0 aliphatic rings. The molecule has 4 rings (SSSR count). The number of sulfonamides is 1. The number of methoxy groups -OCH3 is 1. The summed E-state index contributed by atoms with van der Waals surface area (Å²) in [6.07, 6.45) is 1.51. The molecule has 42 heavy (non-hydrogen) atoms. The number of alkyl halides is 1. The number of benzene rings is 2. The van der Waals surface area contributed by atoms with Crippen LogP contribution >= 0.6 is 11.3 Å². The quantitative estimate of drug-likeness (QED) is 0.182. The molecule has 0 spiro atoms. The number of nitrogens with zero attached hydrogens (tertiary/aromatic N) is 4. The van der Waals surface area contributed by atoms with Gasteiger partial charge in [-0.25, -0.2) is 32.4 Å². The van der Waals surface area contributed by atoms with Crippen molar-refractivity contribution in [1.29, 1.82) is 0 Å². The van der Waals surface area contributed by atoms with E-state index in [-0.39, 0.29) is 37.3 Å². The van der Waals surface area contributed by atoms with Crippen LogP contribution in [-0.4, -0.2) is 73.3 Å². The van der Waals surface area contributed by atoms with Crippen LogP contribution in [0.3, 0.4) is 0 Å². The van der Waals surface area contributed by atoms with Crippen LogP contribution in [0.15, 0.2) is 53.0 Å². The van der Waals surface area contributed by atoms with E-state index in [0.717, 1.165) is 16.9 Å². The van der Waals surface area contributed by atoms with Gasteiger partial charge < -0.3 is 24.3 Å². The maximum atomic E-state index is 12.6. The molecule has 14 nitrogen and oxygen atoms in total. The lowest BCUT2D eigenvalue weighted by molar-refractivity contribution is -0.147. The topological polar surface area (TPSA) is 187 Å². The first kappa shape index (κ1) is 30.8. The Bertz CT molecular complexity index is 1640. The number of nitrogens with one attached hydrogen (secondary N) is 1. The Balaban J connectivity index is 1.27. The number of nitrogens with two attached hydrogens (primary N) is 1. The summed E-state index contributed by atoms with van der Waals surface area (Å²) in [6.45, 7) is -0.927. The SMILES string of the molecule is COC(=O)[C@H](COCc1cccc(OCCF)c1)NC(=O)Cn1cc(COc2ccc3nc(S(N)(=O)=O)sc3c2)nn1. The van der Waals surface area contributed by atoms with Crippen molar-refractivity contribution in [3.05, 3.63) is 59.9 Å². The Morgan fingerprint density at radius 3 is 2.71 bits per heavy atom. The van der Waals surface area contributed by atoms with Gasteiger partial charge in [0.25, 0.3) is 10.0 Å². The van der Waals surface area contributed by atoms with Gasteiger partial charge in [-0.1, -0.05) is 17.3 Å². The lowest BCUT2D eigenvalue weighted by Crippen LogP contribution is -2.45. The smallest absolute Gasteiger partial charge is 0.330 e. The van der Waals surface area contributed by atoms with E-state index in [0.29, 0.717) is 27.4 Å². The highest BCUT2D eigenvalue weighted by atomic mass is 32.2. The zero-order valence-electron chi connectivity index (χ0n) is 22.3. The summed E-state index contributed by atoms with van der Waals surface area (Å²) in [7, 11) is -2.71. The number of hydrogen-bond acceptors (Lipinski definition) is 12. The van der Waals surface area contributed by atoms with E-state index in [9.17, 15) is 22.4 Å². The summed E-state index contributed by atoms with van der Waals surface area (Å²) in [5.41, 5.74) is 1.62. The normalized spacial score (nSPS) is 12.2. The van der Waals surface area contributed by atoms with Crippen LogP contribution in [0.5, 0.6) is 11.5 Å². The molecule has 2 aromatic heterocycles. The molecule has 4 aromatic rings. The molecule has 0 bridgehead atoms. The first-order valence-electron chi connectivity index (χ1n) is 12.3. The van der Waals surface area contributed by atoms with Crippen molar-refractivity contribution in [2.24, 2.45) is 5.14 Å². The Morgan fingerprint density at radius 1 is 1.14 bits per heavy atom. The van der Waals surface area contributed by atoms with Crippen molar-refractivity contribution < 1.29 is 41.3 Å². The Kier molecular flexibility index (Phi) is 10.3. The van der Waals surface area contributed by atoms with Gasteiger partial charge in [0.15, 0.2) is 6.04 Å². The number of carbonyl (C=O) groups is 2. The van der Waals surface area contributed by atoms with Gasteiger partial charge in [0.2, 0.25) is 10.2 Å². The summed E-state index contributed by atoms with van der Waals surface area (Å²) in [4.78, 5) is 28.8. The minimum Gasteiger partial charge on any atom is -0.491 e. The summed E-state index contributed by atoms with van der Waals surface area (Å²) in [5, 5.41) is 15.6. The molecule has 0 aliphatic carbocycles. The molecule has 2 heterocycles. The molecular formula is C25H27FN6O8S2. The number of amides is 1. The number of esters is 1. The minimum absolute atomic E-state index is 0.0205. The zero-order chi connectivity index (χ0) is 30.1. The number of thiazole rings is 1. The molecule has 2 aromatic carbocycles. The van der Waals surface area contributed by atoms with Crippen molar-refractivity contribution in [2.75, 3.05) is 27.0 Å². The average molecular weight is 623 g/mol. The van der Waals surface area contributed by atoms with E-state index >= 15 is 0 Å². The van der Waals surface area contributed by atoms with Crippen LogP contribution < -0.4 is 19.9 Å². The number of carbonyl (C=O) groups excluding carboxylic acids is 2. The van der Waals surface area contributed by atoms with Gasteiger partial charge in [0, 0.05) is 0 Å². The number of aromatic nitrogens is 4. The molecule has 0 unspecified atom stereocenters. The van der Waals surface area contributed by atoms with Crippen LogP contribution in [0.2, 0.25) is 0 Å². The maximum Gasteiger partial charge on any atom is 0.330 e. The van der Waals surface area contributed by atoms with Crippen LogP contribution in [0.25, 0.3) is 10.2 Å². The van der Waals surface area contributed by atoms with Gasteiger partial charge in [0.05, 0.1) is 36.7 Å². The van der Waals surface area contributed by atoms with E-state index in [1.165, 1.54) is 18.0 Å². The van der Waals surface area contributed by atoms with Gasteiger partial charge in [-0.15, -0.1) is 16.4 Å². The first-order chi connectivity index (χ1) is 20.1. The van der Waals surface area contributed by atoms with Gasteiger partial charge in [-0.3, -0.25) is 4.79 Å². The molecule has 0 fully saturated rings. The fourth-order valence-electron chi connectivity index (χ4n) is 3.61. The van der Waals surface area contributed by atoms with Gasteiger partial charge in [-0.05, 0) is 35.9 Å². The van der Waals surface area contributed by atoms with Crippen molar-refractivity contribution in [3.8, 4) is 11.5 Å². The van der Waals surface area contributed by atoms with E-state index in [1.54, 1.807) is 42.5 Å². The highest BCUT2D eigenvalue weighted by Crippen LogP contribution is 2.28. The molecule has 3 N–H and O–H groups in total. The average Bonchev–Trinajstić information content (AvgIpc) is 3.61. The van der Waals surface area contributed by atoms with Gasteiger partial charge >= 0.3 is 5.97 Å². The second-order valence-electron chi connectivity index (χ2n) is 8.69. The van der Waals surface area contributed by atoms with Crippen molar-refractivity contribution >= 4 is 43.5 Å². The predicted molar refractivity (Wildman–Crippen MR) is 147 cm³/mol. The Labute approximate surface area is 243 Å². The summed E-state index contributed by atoms with van der Waals surface area (Å²) >= 11 is 0.927. The van der Waals surface area contributed by atoms with Crippen LogP contribution in [0, 0.1) is 0 Å². The minimum atomic E-state index is -3.91. The standard InChI is InChI=1S/C25H27FN6O8S2/c1-37-24(34)21(15-38-13-16-3-2-4-18(9-16)39-8-7-26)28-23(33)12-32-11-17(30-31-32)14-40-19-5-6-20-22(10-19)41-25(29-20)42(27,35)36/h2-6,9-11,21H,7-8,12-15H2,1H3,(H,28,33)(H2,27,35,36)/t21-/m0/s1. The zero-order valence-corrected chi connectivity index (χ0v) is 23.9. The number of hydrogen-bond donors (Lipinski definition) is 2. The molecule has 1 amide bonds. The molecule has 1 atom stereocenters. The van der Waals surface area contributed by atoms with Crippen LogP contribution in [-0.2, 0) is 48.8 Å². The van der Waals surface area contributed by atoms with E-state index in [1.807, 2.05) is 0 Å². The number of fused-ring (bicyclic) bond motifs is 1. The number of primary sulfonamides is 1. The molecule has 17 heteroatoms. The van der Waals surface area contributed by atoms with Crippen LogP contribution in [0.1, 0.15) is 11.3 Å². The summed E-state index contributed by atoms with van der Waals surface area (Å²) < 4.78 is 58.4. The predicted octanol–water partition coefficient (Wildman–Crippen LogP) is 1.34. The van der Waals surface area contributed by atoms with Gasteiger partial charge in [0.1, 0.15) is 43.6 Å². The largest absolute Gasteiger partial charge is 0.491 e. The third kappa shape index (κ3) is 8.65. The summed E-state index contributed by atoms with van der Waals surface area (Å²) in [6, 6.07) is 10.7. The number of halogens is 1. The molecule has 224 valence electrons. The fraction of sp³-hybridized carbons (Fsp3) is 0.320.